The molecule has 0 rings (SSSR count). The molecule has 0 saturated heterocycles. The number of hydrogen-bond acceptors (Lipinski definition) is 1. The van der Waals surface area contributed by atoms with Crippen LogP contribution in [0.1, 0.15) is 13.3 Å². The molecule has 2 heteroatoms. The van der Waals surface area contributed by atoms with Gasteiger partial charge in [0.15, 0.2) is 12.0 Å². The van der Waals surface area contributed by atoms with Gasteiger partial charge in [-0.1, -0.05) is 0 Å². The number of carbonyl (C=O) groups is 1. The molecule has 0 N–H and O–H groups in total. The van der Waals surface area contributed by atoms with E-state index in [1.807, 2.05) is 0 Å². The molecule has 0 fully saturated rings. The summed E-state index contributed by atoms with van der Waals surface area (Å²) >= 11 is 0. The van der Waals surface area contributed by atoms with Crippen LogP contribution in [0.3, 0.4) is 0 Å². The fourth-order valence-corrected chi connectivity index (χ4v) is 0.199. The predicted octanol–water partition coefficient (Wildman–Crippen LogP) is 1.14. The van der Waals surface area contributed by atoms with Crippen molar-refractivity contribution in [1.82, 2.24) is 0 Å². The molecule has 1 radical (unpaired) electrons. The van der Waals surface area contributed by atoms with Crippen molar-refractivity contribution in [3.8, 4) is 0 Å². The maximum Gasteiger partial charge on any atom is 0.166 e. The number of alkyl halides is 1. The van der Waals surface area contributed by atoms with Crippen LogP contribution >= 0.6 is 0 Å². The Kier molecular flexibility index (Phi) is 2.56. The summed E-state index contributed by atoms with van der Waals surface area (Å²) in [6.07, 6.45) is -1.28. The predicted molar refractivity (Wildman–Crippen MR) is 25.6 cm³/mol. The van der Waals surface area contributed by atoms with Gasteiger partial charge in [-0.05, 0) is 13.8 Å². The summed E-state index contributed by atoms with van der Waals surface area (Å²) in [6, 6.07) is 0. The topological polar surface area (TPSA) is 17.1 Å². The van der Waals surface area contributed by atoms with Crippen molar-refractivity contribution in [3.05, 3.63) is 6.92 Å². The Bertz CT molecular complexity index is 68.5. The zero-order valence-electron chi connectivity index (χ0n) is 4.28. The molecule has 1 unspecified atom stereocenters. The van der Waals surface area contributed by atoms with Crippen molar-refractivity contribution in [2.24, 2.45) is 0 Å². The summed E-state index contributed by atoms with van der Waals surface area (Å²) in [6.45, 7) is 4.43. The Morgan fingerprint density at radius 1 is 2.00 bits per heavy atom. The van der Waals surface area contributed by atoms with Gasteiger partial charge in [0.25, 0.3) is 0 Å². The summed E-state index contributed by atoms with van der Waals surface area (Å²) in [7, 11) is 0. The fourth-order valence-electron chi connectivity index (χ4n) is 0.199. The smallest absolute Gasteiger partial charge is 0.166 e. The van der Waals surface area contributed by atoms with Crippen molar-refractivity contribution in [3.63, 3.8) is 0 Å². The first-order valence-electron chi connectivity index (χ1n) is 2.14. The van der Waals surface area contributed by atoms with E-state index in [9.17, 15) is 9.18 Å². The molecular weight excluding hydrogens is 95.1 g/mol. The number of carbonyl (C=O) groups excluding carboxylic acids is 1. The molecule has 0 aromatic carbocycles. The van der Waals surface area contributed by atoms with Gasteiger partial charge in [0.1, 0.15) is 0 Å². The number of rotatable bonds is 2. The highest BCUT2D eigenvalue weighted by Gasteiger charge is 2.05. The normalized spacial score (nSPS) is 13.6. The van der Waals surface area contributed by atoms with E-state index in [1.165, 1.54) is 6.92 Å². The van der Waals surface area contributed by atoms with Crippen molar-refractivity contribution < 1.29 is 9.18 Å². The Hall–Kier alpha value is -0.400. The summed E-state index contributed by atoms with van der Waals surface area (Å²) in [5.41, 5.74) is 0. The van der Waals surface area contributed by atoms with E-state index < -0.39 is 12.0 Å². The molecule has 0 aliphatic carbocycles. The maximum absolute atomic E-state index is 11.7. The lowest BCUT2D eigenvalue weighted by Gasteiger charge is -1.92. The van der Waals surface area contributed by atoms with Gasteiger partial charge in [0.05, 0.1) is 0 Å². The van der Waals surface area contributed by atoms with Gasteiger partial charge in [-0.2, -0.15) is 0 Å². The summed E-state index contributed by atoms with van der Waals surface area (Å²) < 4.78 is 11.7. The number of Topliss-reactive ketones (excluding diaryl/α,β-unsaturated/α-hetero) is 1. The number of halogens is 1. The van der Waals surface area contributed by atoms with Crippen LogP contribution in [-0.4, -0.2) is 12.0 Å². The van der Waals surface area contributed by atoms with E-state index >= 15 is 0 Å². The van der Waals surface area contributed by atoms with Crippen LogP contribution in [0.15, 0.2) is 0 Å². The first-order valence-corrected chi connectivity index (χ1v) is 2.14. The Labute approximate surface area is 42.5 Å². The minimum absolute atomic E-state index is 0.0532. The molecule has 41 valence electrons. The minimum atomic E-state index is -1.34. The summed E-state index contributed by atoms with van der Waals surface area (Å²) in [5, 5.41) is 0. The van der Waals surface area contributed by atoms with Crippen molar-refractivity contribution >= 4 is 5.78 Å². The molecule has 1 nitrogen and oxygen atoms in total. The van der Waals surface area contributed by atoms with Crippen LogP contribution in [0.25, 0.3) is 0 Å². The molecule has 0 aliphatic rings. The average Bonchev–Trinajstić information content (AvgIpc) is 1.65. The van der Waals surface area contributed by atoms with Gasteiger partial charge >= 0.3 is 0 Å². The maximum atomic E-state index is 11.7. The second-order valence-electron chi connectivity index (χ2n) is 1.33. The van der Waals surface area contributed by atoms with E-state index in [0.29, 0.717) is 0 Å². The molecule has 0 saturated carbocycles. The molecule has 0 bridgehead atoms. The standard InChI is InChI=1S/C5H8FO/c1-3-5(7)4(2)6/h4H,1,3H2,2H3. The Balaban J connectivity index is 3.35. The molecule has 1 atom stereocenters. The van der Waals surface area contributed by atoms with Crippen molar-refractivity contribution in [2.45, 2.75) is 19.5 Å². The SMILES string of the molecule is [CH2]CC(=O)C(C)F. The van der Waals surface area contributed by atoms with Crippen LogP contribution in [-0.2, 0) is 4.79 Å². The fraction of sp³-hybridized carbons (Fsp3) is 0.600. The average molecular weight is 103 g/mol. The van der Waals surface area contributed by atoms with Gasteiger partial charge in [0, 0.05) is 6.42 Å². The van der Waals surface area contributed by atoms with Crippen LogP contribution < -0.4 is 0 Å². The minimum Gasteiger partial charge on any atom is -0.296 e. The third kappa shape index (κ3) is 2.31. The van der Waals surface area contributed by atoms with Gasteiger partial charge in [-0.25, -0.2) is 4.39 Å². The lowest BCUT2D eigenvalue weighted by atomic mass is 10.2. The zero-order valence-corrected chi connectivity index (χ0v) is 4.28. The Morgan fingerprint density at radius 2 is 2.43 bits per heavy atom. The van der Waals surface area contributed by atoms with Crippen LogP contribution in [0.4, 0.5) is 4.39 Å². The quantitative estimate of drug-likeness (QED) is 0.512. The largest absolute Gasteiger partial charge is 0.296 e. The molecule has 0 amide bonds. The highest BCUT2D eigenvalue weighted by Crippen LogP contribution is 1.92. The van der Waals surface area contributed by atoms with Gasteiger partial charge in [-0.15, -0.1) is 0 Å². The molecule has 0 aromatic rings. The molecule has 0 spiro atoms. The number of hydrogen-bond donors (Lipinski definition) is 0. The van der Waals surface area contributed by atoms with Crippen molar-refractivity contribution in [2.75, 3.05) is 0 Å². The molecular formula is C5H8FO. The van der Waals surface area contributed by atoms with Crippen LogP contribution in [0.5, 0.6) is 0 Å². The second-order valence-corrected chi connectivity index (χ2v) is 1.33. The Morgan fingerprint density at radius 3 is 2.43 bits per heavy atom. The van der Waals surface area contributed by atoms with Crippen LogP contribution in [0.2, 0.25) is 0 Å². The van der Waals surface area contributed by atoms with E-state index in [0.717, 1.165) is 0 Å². The van der Waals surface area contributed by atoms with Gasteiger partial charge in [-0.3, -0.25) is 4.79 Å². The van der Waals surface area contributed by atoms with E-state index in [1.54, 1.807) is 0 Å². The summed E-state index contributed by atoms with van der Waals surface area (Å²) in [5.74, 6) is -0.431. The highest BCUT2D eigenvalue weighted by atomic mass is 19.1. The van der Waals surface area contributed by atoms with Crippen molar-refractivity contribution in [1.29, 1.82) is 0 Å². The number of ketones is 1. The lowest BCUT2D eigenvalue weighted by molar-refractivity contribution is -0.122. The van der Waals surface area contributed by atoms with E-state index in [4.69, 9.17) is 0 Å². The first kappa shape index (κ1) is 6.60. The molecule has 0 aliphatic heterocycles. The second kappa shape index (κ2) is 2.72. The van der Waals surface area contributed by atoms with Crippen LogP contribution in [0, 0.1) is 6.92 Å². The van der Waals surface area contributed by atoms with E-state index in [2.05, 4.69) is 6.92 Å². The molecule has 7 heavy (non-hydrogen) atoms. The van der Waals surface area contributed by atoms with E-state index in [-0.39, 0.29) is 6.42 Å². The first-order chi connectivity index (χ1) is 3.18. The third-order valence-electron chi connectivity index (χ3n) is 0.690. The molecule has 0 heterocycles. The van der Waals surface area contributed by atoms with Gasteiger partial charge in [0.2, 0.25) is 0 Å². The molecule has 0 aromatic heterocycles. The van der Waals surface area contributed by atoms with Gasteiger partial charge < -0.3 is 0 Å². The third-order valence-corrected chi connectivity index (χ3v) is 0.690. The summed E-state index contributed by atoms with van der Waals surface area (Å²) in [4.78, 5) is 10.1. The zero-order chi connectivity index (χ0) is 5.86. The lowest BCUT2D eigenvalue weighted by Crippen LogP contribution is -2.08. The highest BCUT2D eigenvalue weighted by molar-refractivity contribution is 5.82. The monoisotopic (exact) mass is 103 g/mol.